The van der Waals surface area contributed by atoms with Gasteiger partial charge < -0.3 is 5.73 Å². The predicted octanol–water partition coefficient (Wildman–Crippen LogP) is 1.42. The van der Waals surface area contributed by atoms with Gasteiger partial charge in [0.05, 0.1) is 6.07 Å². The second kappa shape index (κ2) is 2.59. The minimum atomic E-state index is -0.502. The molecule has 0 aromatic carbocycles. The maximum Gasteiger partial charge on any atom is 0.104 e. The van der Waals surface area contributed by atoms with Crippen molar-refractivity contribution in [2.45, 2.75) is 38.1 Å². The van der Waals surface area contributed by atoms with Gasteiger partial charge in [-0.05, 0) is 18.8 Å². The van der Waals surface area contributed by atoms with Gasteiger partial charge in [-0.1, -0.05) is 19.8 Å². The molecule has 1 aliphatic carbocycles. The fourth-order valence-electron chi connectivity index (χ4n) is 1.69. The zero-order valence-electron chi connectivity index (χ0n) is 6.43. The van der Waals surface area contributed by atoms with E-state index in [2.05, 4.69) is 13.0 Å². The first-order valence-electron chi connectivity index (χ1n) is 3.86. The van der Waals surface area contributed by atoms with Crippen molar-refractivity contribution in [3.05, 3.63) is 0 Å². The molecule has 0 aromatic rings. The summed E-state index contributed by atoms with van der Waals surface area (Å²) in [6.45, 7) is 2.16. The van der Waals surface area contributed by atoms with Gasteiger partial charge in [-0.25, -0.2) is 0 Å². The topological polar surface area (TPSA) is 49.8 Å². The van der Waals surface area contributed by atoms with Crippen molar-refractivity contribution in [1.82, 2.24) is 0 Å². The maximum absolute atomic E-state index is 8.69. The summed E-state index contributed by atoms with van der Waals surface area (Å²) in [6.07, 6.45) is 4.11. The third-order valence-corrected chi connectivity index (χ3v) is 2.26. The molecule has 1 saturated carbocycles. The lowest BCUT2D eigenvalue weighted by atomic mass is 9.78. The highest BCUT2D eigenvalue weighted by atomic mass is 14.7. The zero-order valence-corrected chi connectivity index (χ0v) is 6.43. The van der Waals surface area contributed by atoms with Gasteiger partial charge in [0.15, 0.2) is 0 Å². The third-order valence-electron chi connectivity index (χ3n) is 2.26. The molecule has 0 heterocycles. The Balaban J connectivity index is 2.56. The van der Waals surface area contributed by atoms with Crippen molar-refractivity contribution in [1.29, 1.82) is 5.26 Å². The van der Waals surface area contributed by atoms with Gasteiger partial charge in [0, 0.05) is 0 Å². The van der Waals surface area contributed by atoms with E-state index in [1.54, 1.807) is 0 Å². The molecule has 2 N–H and O–H groups in total. The van der Waals surface area contributed by atoms with E-state index in [-0.39, 0.29) is 0 Å². The van der Waals surface area contributed by atoms with Crippen LogP contribution in [0.15, 0.2) is 0 Å². The van der Waals surface area contributed by atoms with Gasteiger partial charge in [-0.3, -0.25) is 0 Å². The van der Waals surface area contributed by atoms with Crippen molar-refractivity contribution in [3.63, 3.8) is 0 Å². The Morgan fingerprint density at radius 3 is 2.80 bits per heavy atom. The molecular formula is C8H14N2. The standard InChI is InChI=1S/C8H14N2/c1-7-3-2-4-8(10,5-7)6-9/h7H,2-5,10H2,1H3/t7-,8-/m0/s1. The van der Waals surface area contributed by atoms with Gasteiger partial charge in [-0.15, -0.1) is 0 Å². The van der Waals surface area contributed by atoms with E-state index in [4.69, 9.17) is 11.0 Å². The molecule has 0 spiro atoms. The van der Waals surface area contributed by atoms with Gasteiger partial charge in [0.25, 0.3) is 0 Å². The van der Waals surface area contributed by atoms with Crippen LogP contribution in [0.25, 0.3) is 0 Å². The Kier molecular flexibility index (Phi) is 1.96. The van der Waals surface area contributed by atoms with Crippen LogP contribution in [-0.2, 0) is 0 Å². The Bertz CT molecular complexity index is 159. The summed E-state index contributed by atoms with van der Waals surface area (Å²) in [6, 6.07) is 2.19. The Morgan fingerprint density at radius 2 is 2.40 bits per heavy atom. The van der Waals surface area contributed by atoms with Crippen LogP contribution in [0.5, 0.6) is 0 Å². The number of nitrogens with two attached hydrogens (primary N) is 1. The lowest BCUT2D eigenvalue weighted by molar-refractivity contribution is 0.290. The van der Waals surface area contributed by atoms with Gasteiger partial charge >= 0.3 is 0 Å². The first kappa shape index (κ1) is 7.56. The van der Waals surface area contributed by atoms with Gasteiger partial charge in [-0.2, -0.15) is 5.26 Å². The number of nitrogens with zero attached hydrogens (tertiary/aromatic N) is 1. The van der Waals surface area contributed by atoms with Crippen LogP contribution in [0, 0.1) is 17.2 Å². The molecule has 0 radical (unpaired) electrons. The van der Waals surface area contributed by atoms with Crippen molar-refractivity contribution in [2.75, 3.05) is 0 Å². The van der Waals surface area contributed by atoms with E-state index >= 15 is 0 Å². The predicted molar refractivity (Wildman–Crippen MR) is 40.2 cm³/mol. The van der Waals surface area contributed by atoms with Crippen LogP contribution in [0.2, 0.25) is 0 Å². The highest BCUT2D eigenvalue weighted by Crippen LogP contribution is 2.29. The maximum atomic E-state index is 8.69. The first-order chi connectivity index (χ1) is 4.66. The number of hydrogen-bond donors (Lipinski definition) is 1. The summed E-state index contributed by atoms with van der Waals surface area (Å²) in [5, 5.41) is 8.69. The van der Waals surface area contributed by atoms with Crippen molar-refractivity contribution in [3.8, 4) is 6.07 Å². The fraction of sp³-hybridized carbons (Fsp3) is 0.875. The Labute approximate surface area is 62.0 Å². The summed E-state index contributed by atoms with van der Waals surface area (Å²) >= 11 is 0. The SMILES string of the molecule is C[C@H]1CCC[C@@](N)(C#N)C1. The second-order valence-corrected chi connectivity index (χ2v) is 3.47. The van der Waals surface area contributed by atoms with Crippen molar-refractivity contribution >= 4 is 0 Å². The molecule has 1 aliphatic rings. The minimum Gasteiger partial charge on any atom is -0.313 e. The van der Waals surface area contributed by atoms with Crippen LogP contribution in [-0.4, -0.2) is 5.54 Å². The van der Waals surface area contributed by atoms with Crippen molar-refractivity contribution in [2.24, 2.45) is 11.7 Å². The molecule has 0 amide bonds. The van der Waals surface area contributed by atoms with Gasteiger partial charge in [0.1, 0.15) is 5.54 Å². The summed E-state index contributed by atoms with van der Waals surface area (Å²) in [5.41, 5.74) is 5.29. The van der Waals surface area contributed by atoms with Crippen molar-refractivity contribution < 1.29 is 0 Å². The molecule has 1 fully saturated rings. The number of hydrogen-bond acceptors (Lipinski definition) is 2. The number of nitriles is 1. The molecule has 0 unspecified atom stereocenters. The zero-order chi connectivity index (χ0) is 7.61. The Morgan fingerprint density at radius 1 is 1.70 bits per heavy atom. The molecule has 0 bridgehead atoms. The average Bonchev–Trinajstić information content (AvgIpc) is 1.88. The molecule has 2 atom stereocenters. The van der Waals surface area contributed by atoms with E-state index < -0.39 is 5.54 Å². The van der Waals surface area contributed by atoms with E-state index in [0.717, 1.165) is 19.3 Å². The molecule has 0 saturated heterocycles. The lowest BCUT2D eigenvalue weighted by Crippen LogP contribution is -2.42. The van der Waals surface area contributed by atoms with E-state index in [9.17, 15) is 0 Å². The quantitative estimate of drug-likeness (QED) is 0.550. The fourth-order valence-corrected chi connectivity index (χ4v) is 1.69. The molecule has 56 valence electrons. The Hall–Kier alpha value is -0.550. The largest absolute Gasteiger partial charge is 0.313 e. The molecular weight excluding hydrogens is 124 g/mol. The average molecular weight is 138 g/mol. The highest BCUT2D eigenvalue weighted by Gasteiger charge is 2.30. The lowest BCUT2D eigenvalue weighted by Gasteiger charge is -2.30. The van der Waals surface area contributed by atoms with Crippen LogP contribution in [0.4, 0.5) is 0 Å². The molecule has 0 aliphatic heterocycles. The molecule has 10 heavy (non-hydrogen) atoms. The van der Waals surface area contributed by atoms with E-state index in [0.29, 0.717) is 5.92 Å². The molecule has 1 rings (SSSR count). The summed E-state index contributed by atoms with van der Waals surface area (Å²) in [4.78, 5) is 0. The monoisotopic (exact) mass is 138 g/mol. The van der Waals surface area contributed by atoms with E-state index in [1.165, 1.54) is 6.42 Å². The normalized spacial score (nSPS) is 40.7. The molecule has 0 aromatic heterocycles. The van der Waals surface area contributed by atoms with Crippen LogP contribution < -0.4 is 5.73 Å². The van der Waals surface area contributed by atoms with E-state index in [1.807, 2.05) is 0 Å². The third kappa shape index (κ3) is 1.48. The molecule has 2 heteroatoms. The van der Waals surface area contributed by atoms with Gasteiger partial charge in [0.2, 0.25) is 0 Å². The first-order valence-corrected chi connectivity index (χ1v) is 3.86. The smallest absolute Gasteiger partial charge is 0.104 e. The van der Waals surface area contributed by atoms with Crippen LogP contribution in [0.1, 0.15) is 32.6 Å². The van der Waals surface area contributed by atoms with Crippen LogP contribution >= 0.6 is 0 Å². The summed E-state index contributed by atoms with van der Waals surface area (Å²) in [7, 11) is 0. The summed E-state index contributed by atoms with van der Waals surface area (Å²) in [5.74, 6) is 0.637. The van der Waals surface area contributed by atoms with Crippen LogP contribution in [0.3, 0.4) is 0 Å². The second-order valence-electron chi connectivity index (χ2n) is 3.47. The highest BCUT2D eigenvalue weighted by molar-refractivity contribution is 5.06. The molecule has 2 nitrogen and oxygen atoms in total. The number of rotatable bonds is 0. The summed E-state index contributed by atoms with van der Waals surface area (Å²) < 4.78 is 0. The minimum absolute atomic E-state index is 0.502.